The first-order valence-electron chi connectivity index (χ1n) is 9.35. The maximum absolute atomic E-state index is 5.98. The average Bonchev–Trinajstić information content (AvgIpc) is 3.24. The van der Waals surface area contributed by atoms with E-state index >= 15 is 0 Å². The highest BCUT2D eigenvalue weighted by molar-refractivity contribution is 6.02. The standard InChI is InChI=1S/C20H29NO4/c1-4-5-9-23-19-11-16(6-7-18(19)24-13-15(2)3)17-12-20(25-21-17)8-10-22-14-20/h6-7,11,15H,4-5,8-10,12-14H2,1-3H3. The number of rotatable bonds is 8. The first kappa shape index (κ1) is 18.1. The molecule has 3 rings (SSSR count). The molecule has 0 aromatic heterocycles. The van der Waals surface area contributed by atoms with Gasteiger partial charge in [-0.05, 0) is 30.5 Å². The van der Waals surface area contributed by atoms with Crippen molar-refractivity contribution in [3.63, 3.8) is 0 Å². The lowest BCUT2D eigenvalue weighted by atomic mass is 9.93. The van der Waals surface area contributed by atoms with E-state index in [9.17, 15) is 0 Å². The molecule has 1 aromatic carbocycles. The van der Waals surface area contributed by atoms with Gasteiger partial charge in [0.05, 0.1) is 32.1 Å². The van der Waals surface area contributed by atoms with Gasteiger partial charge in [0.2, 0.25) is 0 Å². The van der Waals surface area contributed by atoms with Crippen molar-refractivity contribution in [2.24, 2.45) is 11.1 Å². The molecule has 0 bridgehead atoms. The zero-order chi connectivity index (χ0) is 17.7. The Kier molecular flexibility index (Phi) is 5.84. The molecule has 1 spiro atoms. The van der Waals surface area contributed by atoms with Crippen LogP contribution in [-0.2, 0) is 9.57 Å². The molecule has 0 aliphatic carbocycles. The molecule has 0 N–H and O–H groups in total. The van der Waals surface area contributed by atoms with Crippen LogP contribution < -0.4 is 9.47 Å². The van der Waals surface area contributed by atoms with Crippen LogP contribution in [0.5, 0.6) is 11.5 Å². The van der Waals surface area contributed by atoms with Gasteiger partial charge >= 0.3 is 0 Å². The van der Waals surface area contributed by atoms with E-state index in [1.165, 1.54) is 0 Å². The summed E-state index contributed by atoms with van der Waals surface area (Å²) in [5.41, 5.74) is 1.74. The number of ether oxygens (including phenoxy) is 3. The van der Waals surface area contributed by atoms with E-state index in [1.807, 2.05) is 18.2 Å². The molecule has 1 fully saturated rings. The molecule has 1 saturated heterocycles. The number of oxime groups is 1. The minimum atomic E-state index is -0.259. The molecule has 138 valence electrons. The van der Waals surface area contributed by atoms with Gasteiger partial charge in [-0.15, -0.1) is 0 Å². The molecule has 0 saturated carbocycles. The van der Waals surface area contributed by atoms with Crippen LogP contribution in [0.1, 0.15) is 52.0 Å². The van der Waals surface area contributed by atoms with E-state index in [0.29, 0.717) is 25.7 Å². The van der Waals surface area contributed by atoms with Gasteiger partial charge in [-0.2, -0.15) is 0 Å². The molecule has 2 aliphatic heterocycles. The number of hydrogen-bond acceptors (Lipinski definition) is 5. The lowest BCUT2D eigenvalue weighted by Crippen LogP contribution is -2.29. The number of nitrogens with zero attached hydrogens (tertiary/aromatic N) is 1. The number of benzene rings is 1. The molecular weight excluding hydrogens is 318 g/mol. The Hall–Kier alpha value is -1.75. The van der Waals surface area contributed by atoms with Crippen LogP contribution in [0.25, 0.3) is 0 Å². The topological polar surface area (TPSA) is 49.3 Å². The Morgan fingerprint density at radius 2 is 2.12 bits per heavy atom. The fraction of sp³-hybridized carbons (Fsp3) is 0.650. The molecule has 1 aromatic rings. The van der Waals surface area contributed by atoms with Crippen LogP contribution in [0.15, 0.2) is 23.4 Å². The molecule has 25 heavy (non-hydrogen) atoms. The lowest BCUT2D eigenvalue weighted by molar-refractivity contribution is -0.0237. The van der Waals surface area contributed by atoms with Crippen molar-refractivity contribution in [1.82, 2.24) is 0 Å². The predicted molar refractivity (Wildman–Crippen MR) is 97.6 cm³/mol. The maximum Gasteiger partial charge on any atom is 0.168 e. The predicted octanol–water partition coefficient (Wildman–Crippen LogP) is 4.18. The van der Waals surface area contributed by atoms with Gasteiger partial charge in [0.15, 0.2) is 17.1 Å². The highest BCUT2D eigenvalue weighted by atomic mass is 16.7. The highest BCUT2D eigenvalue weighted by Gasteiger charge is 2.43. The quantitative estimate of drug-likeness (QED) is 0.662. The van der Waals surface area contributed by atoms with Crippen LogP contribution in [0, 0.1) is 5.92 Å². The molecule has 2 heterocycles. The molecule has 1 unspecified atom stereocenters. The van der Waals surface area contributed by atoms with Crippen molar-refractivity contribution in [2.45, 2.75) is 52.1 Å². The van der Waals surface area contributed by atoms with E-state index in [2.05, 4.69) is 25.9 Å². The second-order valence-electron chi connectivity index (χ2n) is 7.36. The SMILES string of the molecule is CCCCOc1cc(C2=NOC3(CCOC3)C2)ccc1OCC(C)C. The third-order valence-corrected chi connectivity index (χ3v) is 4.51. The Bertz CT molecular complexity index is 606. The summed E-state index contributed by atoms with van der Waals surface area (Å²) in [7, 11) is 0. The molecule has 5 nitrogen and oxygen atoms in total. The fourth-order valence-corrected chi connectivity index (χ4v) is 2.98. The summed E-state index contributed by atoms with van der Waals surface area (Å²) in [6.45, 7) is 9.17. The van der Waals surface area contributed by atoms with Crippen LogP contribution >= 0.6 is 0 Å². The minimum Gasteiger partial charge on any atom is -0.490 e. The van der Waals surface area contributed by atoms with Gasteiger partial charge < -0.3 is 19.0 Å². The first-order valence-corrected chi connectivity index (χ1v) is 9.35. The van der Waals surface area contributed by atoms with Crippen molar-refractivity contribution >= 4 is 5.71 Å². The summed E-state index contributed by atoms with van der Waals surface area (Å²) in [4.78, 5) is 5.71. The lowest BCUT2D eigenvalue weighted by Gasteiger charge is -2.17. The van der Waals surface area contributed by atoms with E-state index in [4.69, 9.17) is 19.0 Å². The summed E-state index contributed by atoms with van der Waals surface area (Å²) in [6.07, 6.45) is 3.81. The second kappa shape index (κ2) is 8.09. The largest absolute Gasteiger partial charge is 0.490 e. The van der Waals surface area contributed by atoms with Crippen LogP contribution in [0.3, 0.4) is 0 Å². The number of hydrogen-bond donors (Lipinski definition) is 0. The third kappa shape index (κ3) is 4.46. The number of unbranched alkanes of at least 4 members (excludes halogenated alkanes) is 1. The van der Waals surface area contributed by atoms with Crippen molar-refractivity contribution in [1.29, 1.82) is 0 Å². The molecule has 0 amide bonds. The monoisotopic (exact) mass is 347 g/mol. The van der Waals surface area contributed by atoms with Crippen LogP contribution in [0.2, 0.25) is 0 Å². The molecular formula is C20H29NO4. The summed E-state index contributed by atoms with van der Waals surface area (Å²) in [5, 5.41) is 4.32. The summed E-state index contributed by atoms with van der Waals surface area (Å²) in [5.74, 6) is 2.06. The van der Waals surface area contributed by atoms with Gasteiger partial charge in [0.1, 0.15) is 0 Å². The zero-order valence-electron chi connectivity index (χ0n) is 15.5. The zero-order valence-corrected chi connectivity index (χ0v) is 15.5. The van der Waals surface area contributed by atoms with Gasteiger partial charge in [0, 0.05) is 18.4 Å². The Morgan fingerprint density at radius 1 is 1.24 bits per heavy atom. The summed E-state index contributed by atoms with van der Waals surface area (Å²) >= 11 is 0. The van der Waals surface area contributed by atoms with Crippen LogP contribution in [0.4, 0.5) is 0 Å². The fourth-order valence-electron chi connectivity index (χ4n) is 2.98. The van der Waals surface area contributed by atoms with E-state index < -0.39 is 0 Å². The van der Waals surface area contributed by atoms with Gasteiger partial charge in [-0.25, -0.2) is 0 Å². The smallest absolute Gasteiger partial charge is 0.168 e. The Balaban J connectivity index is 1.74. The second-order valence-corrected chi connectivity index (χ2v) is 7.36. The van der Waals surface area contributed by atoms with Gasteiger partial charge in [-0.1, -0.05) is 32.3 Å². The summed E-state index contributed by atoms with van der Waals surface area (Å²) < 4.78 is 17.4. The van der Waals surface area contributed by atoms with E-state index in [-0.39, 0.29) is 5.60 Å². The average molecular weight is 347 g/mol. The van der Waals surface area contributed by atoms with Gasteiger partial charge in [0.25, 0.3) is 0 Å². The molecule has 5 heteroatoms. The Morgan fingerprint density at radius 3 is 2.84 bits per heavy atom. The molecule has 2 aliphatic rings. The van der Waals surface area contributed by atoms with Crippen molar-refractivity contribution in [3.8, 4) is 11.5 Å². The summed E-state index contributed by atoms with van der Waals surface area (Å²) in [6, 6.07) is 6.05. The van der Waals surface area contributed by atoms with E-state index in [1.54, 1.807) is 0 Å². The molecule has 1 atom stereocenters. The maximum atomic E-state index is 5.98. The van der Waals surface area contributed by atoms with Crippen LogP contribution in [-0.4, -0.2) is 37.7 Å². The van der Waals surface area contributed by atoms with Crippen molar-refractivity contribution < 1.29 is 19.0 Å². The van der Waals surface area contributed by atoms with E-state index in [0.717, 1.165) is 55.1 Å². The first-order chi connectivity index (χ1) is 12.1. The molecule has 0 radical (unpaired) electrons. The van der Waals surface area contributed by atoms with Crippen molar-refractivity contribution in [3.05, 3.63) is 23.8 Å². The minimum absolute atomic E-state index is 0.259. The third-order valence-electron chi connectivity index (χ3n) is 4.51. The highest BCUT2D eigenvalue weighted by Crippen LogP contribution is 2.36. The normalized spacial score (nSPS) is 22.3. The van der Waals surface area contributed by atoms with Gasteiger partial charge in [-0.3, -0.25) is 0 Å². The van der Waals surface area contributed by atoms with Crippen molar-refractivity contribution in [2.75, 3.05) is 26.4 Å². The Labute approximate surface area is 150 Å².